The second kappa shape index (κ2) is 9.36. The fraction of sp³-hybridized carbons (Fsp3) is 0.900. The molecule has 1 N–H and O–H groups in total. The molecule has 1 fully saturated rings. The van der Waals surface area contributed by atoms with Gasteiger partial charge in [-0.1, -0.05) is 46.0 Å². The summed E-state index contributed by atoms with van der Waals surface area (Å²) in [6.07, 6.45) is 6.71. The maximum Gasteiger partial charge on any atom is 0.407 e. The van der Waals surface area contributed by atoms with Gasteiger partial charge in [0.25, 0.3) is 0 Å². The molecule has 0 aromatic heterocycles. The Labute approximate surface area is 80.8 Å². The van der Waals surface area contributed by atoms with Gasteiger partial charge in [-0.25, -0.2) is 4.79 Å². The van der Waals surface area contributed by atoms with Crippen molar-refractivity contribution in [1.29, 1.82) is 0 Å². The van der Waals surface area contributed by atoms with Gasteiger partial charge in [-0.2, -0.15) is 0 Å². The van der Waals surface area contributed by atoms with Crippen LogP contribution >= 0.6 is 0 Å². The van der Waals surface area contributed by atoms with Gasteiger partial charge < -0.3 is 10.1 Å². The standard InChI is InChI=1S/C7H16.C3H5NO2/c1-3-5-7-6-4-2;5-3-4-1-2-6-3/h3-7H2,1-2H3;1-2H2,(H,4,5). The normalized spacial score (nSPS) is 14.2. The highest BCUT2D eigenvalue weighted by Crippen LogP contribution is 2.00. The Hall–Kier alpha value is -0.730. The van der Waals surface area contributed by atoms with Crippen molar-refractivity contribution in [2.75, 3.05) is 13.2 Å². The quantitative estimate of drug-likeness (QED) is 0.687. The number of ether oxygens (including phenoxy) is 1. The van der Waals surface area contributed by atoms with Gasteiger partial charge in [0.1, 0.15) is 6.61 Å². The molecule has 0 bridgehead atoms. The number of rotatable bonds is 4. The Morgan fingerprint density at radius 3 is 2.08 bits per heavy atom. The fourth-order valence-electron chi connectivity index (χ4n) is 1.02. The summed E-state index contributed by atoms with van der Waals surface area (Å²) in [6, 6.07) is 0. The lowest BCUT2D eigenvalue weighted by Crippen LogP contribution is -2.11. The van der Waals surface area contributed by atoms with Crippen LogP contribution in [0.5, 0.6) is 0 Å². The van der Waals surface area contributed by atoms with Crippen LogP contribution in [0.25, 0.3) is 0 Å². The molecule has 13 heavy (non-hydrogen) atoms. The zero-order valence-corrected chi connectivity index (χ0v) is 8.77. The molecule has 1 heterocycles. The predicted octanol–water partition coefficient (Wildman–Crippen LogP) is 2.70. The van der Waals surface area contributed by atoms with E-state index in [9.17, 15) is 4.79 Å². The Morgan fingerprint density at radius 1 is 1.23 bits per heavy atom. The number of alkyl carbamates (subject to hydrolysis) is 1. The first-order chi connectivity index (χ1) is 6.31. The van der Waals surface area contributed by atoms with Crippen LogP contribution in [0.1, 0.15) is 46.0 Å². The number of carbonyl (C=O) groups excluding carboxylic acids is 1. The van der Waals surface area contributed by atoms with Crippen LogP contribution in [-0.2, 0) is 4.74 Å². The molecule has 0 radical (unpaired) electrons. The van der Waals surface area contributed by atoms with E-state index >= 15 is 0 Å². The number of unbranched alkanes of at least 4 members (excludes halogenated alkanes) is 4. The van der Waals surface area contributed by atoms with Gasteiger partial charge in [-0.05, 0) is 0 Å². The Morgan fingerprint density at radius 2 is 1.85 bits per heavy atom. The van der Waals surface area contributed by atoms with Crippen LogP contribution < -0.4 is 5.32 Å². The van der Waals surface area contributed by atoms with Gasteiger partial charge in [0.2, 0.25) is 0 Å². The van der Waals surface area contributed by atoms with Crippen molar-refractivity contribution in [3.05, 3.63) is 0 Å². The van der Waals surface area contributed by atoms with Crippen molar-refractivity contribution in [1.82, 2.24) is 5.32 Å². The summed E-state index contributed by atoms with van der Waals surface area (Å²) in [4.78, 5) is 9.91. The Balaban J connectivity index is 0.000000223. The molecule has 1 amide bonds. The van der Waals surface area contributed by atoms with Crippen LogP contribution in [0, 0.1) is 0 Å². The number of cyclic esters (lactones) is 1. The molecule has 0 spiro atoms. The van der Waals surface area contributed by atoms with E-state index in [-0.39, 0.29) is 6.09 Å². The minimum absolute atomic E-state index is 0.296. The maximum absolute atomic E-state index is 9.91. The largest absolute Gasteiger partial charge is 0.448 e. The van der Waals surface area contributed by atoms with E-state index in [2.05, 4.69) is 23.9 Å². The Kier molecular flexibility index (Phi) is 8.83. The second-order valence-electron chi connectivity index (χ2n) is 3.12. The van der Waals surface area contributed by atoms with Gasteiger partial charge in [-0.15, -0.1) is 0 Å². The van der Waals surface area contributed by atoms with Crippen LogP contribution in [-0.4, -0.2) is 19.2 Å². The molecule has 1 aliphatic heterocycles. The molecule has 78 valence electrons. The molecule has 0 aromatic rings. The van der Waals surface area contributed by atoms with E-state index in [1.807, 2.05) is 0 Å². The number of hydrogen-bond acceptors (Lipinski definition) is 2. The zero-order chi connectivity index (χ0) is 9.94. The second-order valence-corrected chi connectivity index (χ2v) is 3.12. The van der Waals surface area contributed by atoms with Gasteiger partial charge >= 0.3 is 6.09 Å². The van der Waals surface area contributed by atoms with Crippen molar-refractivity contribution >= 4 is 6.09 Å². The summed E-state index contributed by atoms with van der Waals surface area (Å²) >= 11 is 0. The summed E-state index contributed by atoms with van der Waals surface area (Å²) < 4.78 is 4.40. The van der Waals surface area contributed by atoms with Crippen molar-refractivity contribution in [2.24, 2.45) is 0 Å². The first kappa shape index (κ1) is 12.3. The molecule has 0 aromatic carbocycles. The van der Waals surface area contributed by atoms with Gasteiger partial charge in [-0.3, -0.25) is 0 Å². The zero-order valence-electron chi connectivity index (χ0n) is 8.77. The lowest BCUT2D eigenvalue weighted by Gasteiger charge is -1.90. The average molecular weight is 187 g/mol. The van der Waals surface area contributed by atoms with Crippen LogP contribution in [0.4, 0.5) is 4.79 Å². The number of amides is 1. The molecule has 3 heteroatoms. The Bertz CT molecular complexity index is 114. The SMILES string of the molecule is CCCCCCC.O=C1NCCO1. The topological polar surface area (TPSA) is 38.3 Å². The highest BCUT2D eigenvalue weighted by Gasteiger charge is 2.06. The molecule has 0 aliphatic carbocycles. The highest BCUT2D eigenvalue weighted by molar-refractivity contribution is 5.68. The van der Waals surface area contributed by atoms with Crippen molar-refractivity contribution in [3.63, 3.8) is 0 Å². The van der Waals surface area contributed by atoms with Gasteiger partial charge in [0.05, 0.1) is 6.54 Å². The van der Waals surface area contributed by atoms with E-state index in [0.717, 1.165) is 0 Å². The van der Waals surface area contributed by atoms with Crippen molar-refractivity contribution < 1.29 is 9.53 Å². The molecule has 1 aliphatic rings. The molecule has 0 unspecified atom stereocenters. The number of carbonyl (C=O) groups is 1. The van der Waals surface area contributed by atoms with E-state index in [0.29, 0.717) is 13.2 Å². The fourth-order valence-corrected chi connectivity index (χ4v) is 1.02. The minimum Gasteiger partial charge on any atom is -0.448 e. The lowest BCUT2D eigenvalue weighted by molar-refractivity contribution is 0.178. The summed E-state index contributed by atoms with van der Waals surface area (Å²) in [6.45, 7) is 5.68. The van der Waals surface area contributed by atoms with E-state index in [1.165, 1.54) is 32.1 Å². The van der Waals surface area contributed by atoms with Crippen LogP contribution in [0.2, 0.25) is 0 Å². The van der Waals surface area contributed by atoms with E-state index < -0.39 is 0 Å². The molecule has 1 saturated heterocycles. The van der Waals surface area contributed by atoms with Gasteiger partial charge in [0, 0.05) is 0 Å². The molecule has 0 atom stereocenters. The first-order valence-electron chi connectivity index (χ1n) is 5.21. The van der Waals surface area contributed by atoms with Crippen molar-refractivity contribution in [2.45, 2.75) is 46.0 Å². The smallest absolute Gasteiger partial charge is 0.407 e. The monoisotopic (exact) mass is 187 g/mol. The first-order valence-corrected chi connectivity index (χ1v) is 5.21. The van der Waals surface area contributed by atoms with Crippen LogP contribution in [0.3, 0.4) is 0 Å². The summed E-state index contributed by atoms with van der Waals surface area (Å²) in [5.74, 6) is 0. The third-order valence-corrected chi connectivity index (χ3v) is 1.81. The maximum atomic E-state index is 9.91. The van der Waals surface area contributed by atoms with Crippen molar-refractivity contribution in [3.8, 4) is 0 Å². The van der Waals surface area contributed by atoms with Gasteiger partial charge in [0.15, 0.2) is 0 Å². The lowest BCUT2D eigenvalue weighted by atomic mass is 10.2. The average Bonchev–Trinajstić information content (AvgIpc) is 2.58. The molecule has 0 saturated carbocycles. The number of hydrogen-bond donors (Lipinski definition) is 1. The molecular formula is C10H21NO2. The highest BCUT2D eigenvalue weighted by atomic mass is 16.6. The van der Waals surface area contributed by atoms with Crippen LogP contribution in [0.15, 0.2) is 0 Å². The summed E-state index contributed by atoms with van der Waals surface area (Å²) in [7, 11) is 0. The molecule has 1 rings (SSSR count). The summed E-state index contributed by atoms with van der Waals surface area (Å²) in [5, 5.41) is 2.46. The van der Waals surface area contributed by atoms with E-state index in [4.69, 9.17) is 0 Å². The van der Waals surface area contributed by atoms with E-state index in [1.54, 1.807) is 0 Å². The third-order valence-electron chi connectivity index (χ3n) is 1.81. The number of nitrogens with one attached hydrogen (secondary N) is 1. The predicted molar refractivity (Wildman–Crippen MR) is 53.8 cm³/mol. The summed E-state index contributed by atoms with van der Waals surface area (Å²) in [5.41, 5.74) is 0. The third kappa shape index (κ3) is 9.18. The molecule has 3 nitrogen and oxygen atoms in total. The molecular weight excluding hydrogens is 166 g/mol. The minimum atomic E-state index is -0.296.